The fourth-order valence-electron chi connectivity index (χ4n) is 1.84. The summed E-state index contributed by atoms with van der Waals surface area (Å²) in [6.45, 7) is 2.18. The Kier molecular flexibility index (Phi) is 3.20. The first-order valence-electron chi connectivity index (χ1n) is 4.52. The van der Waals surface area contributed by atoms with E-state index in [0.717, 1.165) is 12.8 Å². The summed E-state index contributed by atoms with van der Waals surface area (Å²) in [4.78, 5) is 0. The molecule has 0 heterocycles. The van der Waals surface area contributed by atoms with Crippen LogP contribution in [0.4, 0.5) is 0 Å². The van der Waals surface area contributed by atoms with Gasteiger partial charge in [-0.15, -0.1) is 0 Å². The Hall–Kier alpha value is -0.0400. The van der Waals surface area contributed by atoms with Crippen molar-refractivity contribution in [3.05, 3.63) is 0 Å². The first-order chi connectivity index (χ1) is 4.84. The molecule has 10 heavy (non-hydrogen) atoms. The van der Waals surface area contributed by atoms with Crippen LogP contribution in [0.5, 0.6) is 0 Å². The zero-order valence-electron chi connectivity index (χ0n) is 6.84. The van der Waals surface area contributed by atoms with Crippen molar-refractivity contribution in [1.82, 2.24) is 0 Å². The van der Waals surface area contributed by atoms with Crippen LogP contribution in [0, 0.1) is 5.92 Å². The van der Waals surface area contributed by atoms with Crippen molar-refractivity contribution in [3.8, 4) is 0 Å². The molecule has 0 aromatic carbocycles. The maximum absolute atomic E-state index is 9.55. The molecule has 0 bridgehead atoms. The molecule has 1 aliphatic rings. The van der Waals surface area contributed by atoms with Crippen molar-refractivity contribution in [1.29, 1.82) is 0 Å². The summed E-state index contributed by atoms with van der Waals surface area (Å²) < 4.78 is 0. The molecule has 1 saturated carbocycles. The van der Waals surface area contributed by atoms with Crippen LogP contribution >= 0.6 is 0 Å². The third-order valence-corrected chi connectivity index (χ3v) is 2.64. The zero-order chi connectivity index (χ0) is 7.40. The van der Waals surface area contributed by atoms with E-state index in [1.165, 1.54) is 25.7 Å². The highest BCUT2D eigenvalue weighted by atomic mass is 16.3. The van der Waals surface area contributed by atoms with E-state index >= 15 is 0 Å². The lowest BCUT2D eigenvalue weighted by molar-refractivity contribution is 0.0985. The number of aliphatic hydroxyl groups is 1. The Bertz CT molecular complexity index is 90.7. The van der Waals surface area contributed by atoms with E-state index in [0.29, 0.717) is 5.92 Å². The van der Waals surface area contributed by atoms with Gasteiger partial charge in [0, 0.05) is 0 Å². The lowest BCUT2D eigenvalue weighted by atomic mass is 9.95. The van der Waals surface area contributed by atoms with Gasteiger partial charge in [-0.25, -0.2) is 0 Å². The molecule has 2 atom stereocenters. The smallest absolute Gasteiger partial charge is 0.0568 e. The molecule has 0 amide bonds. The molecule has 1 heteroatoms. The van der Waals surface area contributed by atoms with Crippen molar-refractivity contribution in [2.45, 2.75) is 51.6 Å². The van der Waals surface area contributed by atoms with Crippen LogP contribution in [-0.2, 0) is 0 Å². The summed E-state index contributed by atoms with van der Waals surface area (Å²) in [6, 6.07) is 0. The quantitative estimate of drug-likeness (QED) is 0.557. The maximum Gasteiger partial charge on any atom is 0.0568 e. The van der Waals surface area contributed by atoms with Gasteiger partial charge in [-0.05, 0) is 18.8 Å². The Balaban J connectivity index is 2.35. The zero-order valence-corrected chi connectivity index (χ0v) is 6.84. The van der Waals surface area contributed by atoms with Crippen molar-refractivity contribution in [2.75, 3.05) is 0 Å². The van der Waals surface area contributed by atoms with Gasteiger partial charge in [-0.1, -0.05) is 32.6 Å². The monoisotopic (exact) mass is 142 g/mol. The topological polar surface area (TPSA) is 20.2 Å². The lowest BCUT2D eigenvalue weighted by Crippen LogP contribution is -2.17. The second-order valence-electron chi connectivity index (χ2n) is 3.37. The fourth-order valence-corrected chi connectivity index (χ4v) is 1.84. The number of hydrogen-bond donors (Lipinski definition) is 1. The minimum absolute atomic E-state index is 0.00694. The molecular formula is C9H18O. The molecule has 1 N–H and O–H groups in total. The SMILES string of the molecule is CC[C@H]1CCCCC[C@@H]1O. The molecular weight excluding hydrogens is 124 g/mol. The predicted molar refractivity (Wildman–Crippen MR) is 42.9 cm³/mol. The molecule has 0 aromatic rings. The Morgan fingerprint density at radius 3 is 2.60 bits per heavy atom. The molecule has 1 aliphatic carbocycles. The van der Waals surface area contributed by atoms with Crippen LogP contribution in [0.2, 0.25) is 0 Å². The van der Waals surface area contributed by atoms with Gasteiger partial charge in [0.2, 0.25) is 0 Å². The van der Waals surface area contributed by atoms with E-state index < -0.39 is 0 Å². The van der Waals surface area contributed by atoms with Crippen LogP contribution in [0.3, 0.4) is 0 Å². The first kappa shape index (κ1) is 8.06. The van der Waals surface area contributed by atoms with Crippen LogP contribution < -0.4 is 0 Å². The van der Waals surface area contributed by atoms with Crippen LogP contribution in [-0.4, -0.2) is 11.2 Å². The molecule has 1 nitrogen and oxygen atoms in total. The van der Waals surface area contributed by atoms with Gasteiger partial charge >= 0.3 is 0 Å². The fraction of sp³-hybridized carbons (Fsp3) is 1.00. The van der Waals surface area contributed by atoms with Gasteiger partial charge in [0.05, 0.1) is 6.10 Å². The number of hydrogen-bond acceptors (Lipinski definition) is 1. The van der Waals surface area contributed by atoms with Crippen molar-refractivity contribution in [2.24, 2.45) is 5.92 Å². The normalized spacial score (nSPS) is 35.4. The minimum atomic E-state index is 0.00694. The van der Waals surface area contributed by atoms with Gasteiger partial charge in [0.15, 0.2) is 0 Å². The summed E-state index contributed by atoms with van der Waals surface area (Å²) >= 11 is 0. The number of aliphatic hydroxyl groups excluding tert-OH is 1. The van der Waals surface area contributed by atoms with Gasteiger partial charge in [-0.3, -0.25) is 0 Å². The van der Waals surface area contributed by atoms with Crippen LogP contribution in [0.1, 0.15) is 45.4 Å². The van der Waals surface area contributed by atoms with Crippen molar-refractivity contribution < 1.29 is 5.11 Å². The molecule has 1 fully saturated rings. The molecule has 60 valence electrons. The molecule has 0 radical (unpaired) electrons. The third-order valence-electron chi connectivity index (χ3n) is 2.64. The Morgan fingerprint density at radius 1 is 1.20 bits per heavy atom. The second-order valence-corrected chi connectivity index (χ2v) is 3.37. The largest absolute Gasteiger partial charge is 0.393 e. The summed E-state index contributed by atoms with van der Waals surface area (Å²) in [5.74, 6) is 0.600. The summed E-state index contributed by atoms with van der Waals surface area (Å²) in [7, 11) is 0. The summed E-state index contributed by atoms with van der Waals surface area (Å²) in [5.41, 5.74) is 0. The highest BCUT2D eigenvalue weighted by Gasteiger charge is 2.18. The van der Waals surface area contributed by atoms with Gasteiger partial charge in [0.25, 0.3) is 0 Å². The van der Waals surface area contributed by atoms with Gasteiger partial charge in [-0.2, -0.15) is 0 Å². The molecule has 0 unspecified atom stereocenters. The van der Waals surface area contributed by atoms with Gasteiger partial charge in [0.1, 0.15) is 0 Å². The Labute approximate surface area is 63.4 Å². The molecule has 0 aliphatic heterocycles. The third kappa shape index (κ3) is 1.98. The average molecular weight is 142 g/mol. The van der Waals surface area contributed by atoms with E-state index in [9.17, 15) is 5.11 Å². The van der Waals surface area contributed by atoms with E-state index in [1.54, 1.807) is 0 Å². The van der Waals surface area contributed by atoms with Crippen LogP contribution in [0.25, 0.3) is 0 Å². The first-order valence-corrected chi connectivity index (χ1v) is 4.52. The standard InChI is InChI=1S/C9H18O/c1-2-8-6-4-3-5-7-9(8)10/h8-10H,2-7H2,1H3/t8-,9-/m0/s1. The highest BCUT2D eigenvalue weighted by molar-refractivity contribution is 4.71. The van der Waals surface area contributed by atoms with E-state index in [2.05, 4.69) is 6.92 Å². The predicted octanol–water partition coefficient (Wildman–Crippen LogP) is 2.34. The molecule has 1 rings (SSSR count). The summed E-state index contributed by atoms with van der Waals surface area (Å²) in [5, 5.41) is 9.55. The molecule has 0 saturated heterocycles. The van der Waals surface area contributed by atoms with Crippen molar-refractivity contribution >= 4 is 0 Å². The minimum Gasteiger partial charge on any atom is -0.393 e. The summed E-state index contributed by atoms with van der Waals surface area (Å²) in [6.07, 6.45) is 7.34. The molecule has 0 spiro atoms. The van der Waals surface area contributed by atoms with Crippen LogP contribution in [0.15, 0.2) is 0 Å². The average Bonchev–Trinajstić information content (AvgIpc) is 2.13. The lowest BCUT2D eigenvalue weighted by Gasteiger charge is -2.17. The van der Waals surface area contributed by atoms with E-state index in [1.807, 2.05) is 0 Å². The Morgan fingerprint density at radius 2 is 1.90 bits per heavy atom. The van der Waals surface area contributed by atoms with E-state index in [4.69, 9.17) is 0 Å². The highest BCUT2D eigenvalue weighted by Crippen LogP contribution is 2.25. The number of rotatable bonds is 1. The molecule has 0 aromatic heterocycles. The van der Waals surface area contributed by atoms with Gasteiger partial charge < -0.3 is 5.11 Å². The second kappa shape index (κ2) is 3.97. The van der Waals surface area contributed by atoms with Crippen molar-refractivity contribution in [3.63, 3.8) is 0 Å². The maximum atomic E-state index is 9.55. The van der Waals surface area contributed by atoms with E-state index in [-0.39, 0.29) is 6.10 Å².